The summed E-state index contributed by atoms with van der Waals surface area (Å²) in [6.45, 7) is -1.09. The first kappa shape index (κ1) is 22.5. The molecule has 6 atom stereocenters. The van der Waals surface area contributed by atoms with Gasteiger partial charge in [-0.1, -0.05) is 12.1 Å². The Balaban J connectivity index is 2.00. The Morgan fingerprint density at radius 3 is 2.28 bits per heavy atom. The van der Waals surface area contributed by atoms with Crippen LogP contribution in [-0.2, 0) is 11.3 Å². The number of ketones is 1. The van der Waals surface area contributed by atoms with Gasteiger partial charge in [0, 0.05) is 5.92 Å². The predicted molar refractivity (Wildman–Crippen MR) is 108 cm³/mol. The molecule has 10 nitrogen and oxygen atoms in total. The van der Waals surface area contributed by atoms with Crippen molar-refractivity contribution in [2.45, 2.75) is 43.0 Å². The number of hydrogen-bond donors (Lipinski definition) is 7. The normalized spacial score (nSPS) is 29.4. The van der Waals surface area contributed by atoms with Crippen molar-refractivity contribution in [2.75, 3.05) is 13.7 Å². The summed E-state index contributed by atoms with van der Waals surface area (Å²) in [5.74, 6) is -2.52. The number of phenolic OH excluding ortho intramolecular Hbond substituents is 2. The van der Waals surface area contributed by atoms with Crippen LogP contribution in [0.5, 0.6) is 17.2 Å². The molecule has 0 amide bonds. The molecule has 1 aliphatic carbocycles. The van der Waals surface area contributed by atoms with E-state index < -0.39 is 61.2 Å². The van der Waals surface area contributed by atoms with Gasteiger partial charge in [0.25, 0.3) is 0 Å². The van der Waals surface area contributed by atoms with Gasteiger partial charge in [-0.05, 0) is 28.8 Å². The Bertz CT molecular complexity index is 1050. The van der Waals surface area contributed by atoms with Gasteiger partial charge in [-0.3, -0.25) is 4.79 Å². The highest BCUT2D eigenvalue weighted by Gasteiger charge is 2.50. The van der Waals surface area contributed by atoms with Crippen LogP contribution >= 0.6 is 0 Å². The average molecular weight is 448 g/mol. The summed E-state index contributed by atoms with van der Waals surface area (Å²) < 4.78 is 11.0. The number of hydrogen-bond acceptors (Lipinski definition) is 10. The third-order valence-corrected chi connectivity index (χ3v) is 6.15. The van der Waals surface area contributed by atoms with Crippen LogP contribution in [0, 0.1) is 0 Å². The Kier molecular flexibility index (Phi) is 5.84. The van der Waals surface area contributed by atoms with Gasteiger partial charge in [-0.2, -0.15) is 0 Å². The maximum atomic E-state index is 13.4. The van der Waals surface area contributed by atoms with Gasteiger partial charge in [0.15, 0.2) is 11.5 Å². The number of rotatable bonds is 4. The fourth-order valence-electron chi connectivity index (χ4n) is 4.63. The Labute approximate surface area is 182 Å². The quantitative estimate of drug-likeness (QED) is 0.311. The van der Waals surface area contributed by atoms with Crippen LogP contribution in [-0.4, -0.2) is 85.8 Å². The molecule has 32 heavy (non-hydrogen) atoms. The van der Waals surface area contributed by atoms with Gasteiger partial charge in [-0.15, -0.1) is 0 Å². The molecule has 172 valence electrons. The van der Waals surface area contributed by atoms with Crippen molar-refractivity contribution in [3.8, 4) is 17.2 Å². The molecule has 0 saturated carbocycles. The largest absolute Gasteiger partial charge is 0.507 e. The molecular weight excluding hydrogens is 424 g/mol. The van der Waals surface area contributed by atoms with E-state index in [9.17, 15) is 40.5 Å². The van der Waals surface area contributed by atoms with E-state index in [1.165, 1.54) is 31.4 Å². The molecule has 0 bridgehead atoms. The first-order valence-corrected chi connectivity index (χ1v) is 9.96. The van der Waals surface area contributed by atoms with E-state index in [1.807, 2.05) is 0 Å². The number of aromatic hydroxyl groups is 2. The minimum absolute atomic E-state index is 0.0611. The number of aliphatic hydroxyl groups excluding tert-OH is 5. The fraction of sp³-hybridized carbons (Fsp3) is 0.409. The molecule has 0 spiro atoms. The van der Waals surface area contributed by atoms with E-state index in [0.717, 1.165) is 0 Å². The maximum Gasteiger partial charge on any atom is 0.201 e. The fourth-order valence-corrected chi connectivity index (χ4v) is 4.63. The zero-order valence-electron chi connectivity index (χ0n) is 17.0. The molecule has 7 N–H and O–H groups in total. The van der Waals surface area contributed by atoms with E-state index >= 15 is 0 Å². The van der Waals surface area contributed by atoms with Crippen LogP contribution in [0.15, 0.2) is 24.3 Å². The maximum absolute atomic E-state index is 13.4. The van der Waals surface area contributed by atoms with E-state index in [-0.39, 0.29) is 39.3 Å². The SMILES string of the molecule is COc1c(O)ccc2c1C(=O)c1c(O)cc(CO)cc1[C@@H]2[C@@H]1O[C@H](CO)[C@@H](O)[C@H](O)[C@H]1O. The molecule has 10 heteroatoms. The molecule has 0 radical (unpaired) electrons. The van der Waals surface area contributed by atoms with Crippen molar-refractivity contribution in [3.05, 3.63) is 52.1 Å². The predicted octanol–water partition coefficient (Wildman–Crippen LogP) is -0.883. The number of ether oxygens (including phenoxy) is 2. The summed E-state index contributed by atoms with van der Waals surface area (Å²) in [7, 11) is 1.26. The molecule has 1 aliphatic heterocycles. The molecule has 2 aromatic rings. The number of carbonyl (C=O) groups is 1. The summed E-state index contributed by atoms with van der Waals surface area (Å²) in [5, 5.41) is 71.3. The van der Waals surface area contributed by atoms with Crippen molar-refractivity contribution in [2.24, 2.45) is 0 Å². The molecule has 4 rings (SSSR count). The van der Waals surface area contributed by atoms with Crippen molar-refractivity contribution < 1.29 is 50.0 Å². The average Bonchev–Trinajstić information content (AvgIpc) is 2.78. The third-order valence-electron chi connectivity index (χ3n) is 6.15. The van der Waals surface area contributed by atoms with Crippen LogP contribution in [0.2, 0.25) is 0 Å². The van der Waals surface area contributed by atoms with Crippen LogP contribution in [0.3, 0.4) is 0 Å². The molecule has 2 aliphatic rings. The zero-order chi connectivity index (χ0) is 23.3. The topological polar surface area (TPSA) is 177 Å². The summed E-state index contributed by atoms with van der Waals surface area (Å²) in [5.41, 5.74) is 0.576. The second kappa shape index (κ2) is 8.32. The Hall–Kier alpha value is -2.73. The molecule has 2 aromatic carbocycles. The standard InChI is InChI=1S/C22H24O10/c1-31-21-11(25)3-2-9-14(22-20(30)19(29)17(27)13(7-24)32-22)10-4-8(6-23)5-12(26)15(10)18(28)16(9)21/h2-5,13-14,17,19-20,22-27,29-30H,6-7H2,1H3/t13-,14-,17-,19+,20-,22+/m1/s1. The van der Waals surface area contributed by atoms with E-state index in [0.29, 0.717) is 0 Å². The molecule has 1 heterocycles. The Morgan fingerprint density at radius 2 is 1.66 bits per heavy atom. The van der Waals surface area contributed by atoms with Crippen molar-refractivity contribution in [1.82, 2.24) is 0 Å². The van der Waals surface area contributed by atoms with E-state index in [1.54, 1.807) is 0 Å². The van der Waals surface area contributed by atoms with Gasteiger partial charge in [-0.25, -0.2) is 0 Å². The number of benzene rings is 2. The van der Waals surface area contributed by atoms with Crippen molar-refractivity contribution in [3.63, 3.8) is 0 Å². The van der Waals surface area contributed by atoms with Crippen LogP contribution in [0.25, 0.3) is 0 Å². The third kappa shape index (κ3) is 3.24. The number of carbonyl (C=O) groups excluding carboxylic acids is 1. The van der Waals surface area contributed by atoms with Gasteiger partial charge in [0.05, 0.1) is 37.6 Å². The monoisotopic (exact) mass is 448 g/mol. The highest BCUT2D eigenvalue weighted by atomic mass is 16.5. The molecule has 1 saturated heterocycles. The Morgan fingerprint density at radius 1 is 0.938 bits per heavy atom. The lowest BCUT2D eigenvalue weighted by molar-refractivity contribution is -0.232. The zero-order valence-corrected chi connectivity index (χ0v) is 17.0. The van der Waals surface area contributed by atoms with Gasteiger partial charge in [0.1, 0.15) is 30.2 Å². The number of phenols is 2. The second-order valence-electron chi connectivity index (χ2n) is 7.92. The van der Waals surface area contributed by atoms with Crippen molar-refractivity contribution in [1.29, 1.82) is 0 Å². The first-order chi connectivity index (χ1) is 15.2. The van der Waals surface area contributed by atoms with Gasteiger partial charge < -0.3 is 45.2 Å². The van der Waals surface area contributed by atoms with Gasteiger partial charge in [0.2, 0.25) is 5.78 Å². The molecule has 1 fully saturated rings. The number of methoxy groups -OCH3 is 1. The smallest absolute Gasteiger partial charge is 0.201 e. The van der Waals surface area contributed by atoms with Crippen LogP contribution in [0.1, 0.15) is 38.5 Å². The highest BCUT2D eigenvalue weighted by molar-refractivity contribution is 6.16. The summed E-state index contributed by atoms with van der Waals surface area (Å²) in [4.78, 5) is 13.4. The van der Waals surface area contributed by atoms with E-state index in [4.69, 9.17) is 9.47 Å². The number of fused-ring (bicyclic) bond motifs is 2. The van der Waals surface area contributed by atoms with Crippen LogP contribution < -0.4 is 4.74 Å². The second-order valence-corrected chi connectivity index (χ2v) is 7.92. The first-order valence-electron chi connectivity index (χ1n) is 9.96. The molecule has 0 aromatic heterocycles. The lowest BCUT2D eigenvalue weighted by Gasteiger charge is -2.45. The van der Waals surface area contributed by atoms with E-state index in [2.05, 4.69) is 0 Å². The molecule has 0 unspecified atom stereocenters. The van der Waals surface area contributed by atoms with Crippen LogP contribution in [0.4, 0.5) is 0 Å². The summed E-state index contributed by atoms with van der Waals surface area (Å²) >= 11 is 0. The highest BCUT2D eigenvalue weighted by Crippen LogP contribution is 2.49. The summed E-state index contributed by atoms with van der Waals surface area (Å²) in [6.07, 6.45) is -7.34. The lowest BCUT2D eigenvalue weighted by atomic mass is 9.71. The number of aliphatic hydroxyl groups is 5. The molecular formula is C22H24O10. The summed E-state index contributed by atoms with van der Waals surface area (Å²) in [6, 6.07) is 5.42. The minimum atomic E-state index is -1.66. The van der Waals surface area contributed by atoms with Crippen molar-refractivity contribution >= 4 is 5.78 Å². The van der Waals surface area contributed by atoms with Gasteiger partial charge >= 0.3 is 0 Å². The lowest BCUT2D eigenvalue weighted by Crippen LogP contribution is -2.60. The minimum Gasteiger partial charge on any atom is -0.507 e.